The molecule has 180 valence electrons. The summed E-state index contributed by atoms with van der Waals surface area (Å²) < 4.78 is 29.7. The summed E-state index contributed by atoms with van der Waals surface area (Å²) in [5, 5.41) is 0. The summed E-state index contributed by atoms with van der Waals surface area (Å²) >= 11 is 0. The molecule has 3 aromatic heterocycles. The van der Waals surface area contributed by atoms with Gasteiger partial charge < -0.3 is 4.74 Å². The van der Waals surface area contributed by atoms with Crippen molar-refractivity contribution in [2.45, 2.75) is 45.3 Å². The van der Waals surface area contributed by atoms with Gasteiger partial charge in [-0.05, 0) is 45.7 Å². The average Bonchev–Trinajstić information content (AvgIpc) is 3.31. The molecular weight excluding hydrogens is 460 g/mol. The largest absolute Gasteiger partial charge is 0.443 e. The predicted octanol–water partition coefficient (Wildman–Crippen LogP) is 3.80. The van der Waals surface area contributed by atoms with Crippen molar-refractivity contribution >= 4 is 38.9 Å². The SMILES string of the molecule is CC(C)(C)OC(=O)n1c(=O)n(C2CCS(O)(O)CC2)c2nc(-n3cnc4ccccc43)ncc21. The van der Waals surface area contributed by atoms with Gasteiger partial charge in [-0.3, -0.25) is 18.2 Å². The highest BCUT2D eigenvalue weighted by molar-refractivity contribution is 8.24. The molecule has 0 amide bonds. The lowest BCUT2D eigenvalue weighted by Crippen LogP contribution is -2.36. The number of ether oxygens (including phenoxy) is 1. The first-order valence-electron chi connectivity index (χ1n) is 10.9. The first-order chi connectivity index (χ1) is 16.0. The molecule has 0 bridgehead atoms. The minimum absolute atomic E-state index is 0.188. The van der Waals surface area contributed by atoms with Gasteiger partial charge in [-0.1, -0.05) is 12.1 Å². The monoisotopic (exact) mass is 486 g/mol. The van der Waals surface area contributed by atoms with Crippen LogP contribution in [0.25, 0.3) is 28.1 Å². The highest BCUT2D eigenvalue weighted by Gasteiger charge is 2.32. The van der Waals surface area contributed by atoms with Gasteiger partial charge in [0.15, 0.2) is 5.65 Å². The van der Waals surface area contributed by atoms with Gasteiger partial charge in [0.2, 0.25) is 5.95 Å². The Labute approximate surface area is 196 Å². The lowest BCUT2D eigenvalue weighted by atomic mass is 10.1. The summed E-state index contributed by atoms with van der Waals surface area (Å²) in [4.78, 5) is 39.9. The Kier molecular flexibility index (Phi) is 5.26. The summed E-state index contributed by atoms with van der Waals surface area (Å²) in [5.74, 6) is 0.678. The lowest BCUT2D eigenvalue weighted by molar-refractivity contribution is 0.0536. The van der Waals surface area contributed by atoms with Crippen molar-refractivity contribution in [1.29, 1.82) is 0 Å². The second kappa shape index (κ2) is 7.93. The predicted molar refractivity (Wildman–Crippen MR) is 129 cm³/mol. The molecule has 1 fully saturated rings. The quantitative estimate of drug-likeness (QED) is 0.436. The van der Waals surface area contributed by atoms with Crippen molar-refractivity contribution in [3.05, 3.63) is 47.3 Å². The molecule has 4 heterocycles. The van der Waals surface area contributed by atoms with Crippen LogP contribution in [0.3, 0.4) is 0 Å². The number of fused-ring (bicyclic) bond motifs is 2. The van der Waals surface area contributed by atoms with Crippen molar-refractivity contribution < 1.29 is 18.6 Å². The molecule has 0 radical (unpaired) electrons. The molecular formula is C22H26N6O5S. The highest BCUT2D eigenvalue weighted by Crippen LogP contribution is 2.47. The number of benzene rings is 1. The van der Waals surface area contributed by atoms with Crippen molar-refractivity contribution in [3.8, 4) is 5.95 Å². The number of rotatable bonds is 2. The number of para-hydroxylation sites is 2. The van der Waals surface area contributed by atoms with Crippen LogP contribution in [-0.2, 0) is 4.74 Å². The van der Waals surface area contributed by atoms with Crippen LogP contribution in [0, 0.1) is 0 Å². The second-order valence-electron chi connectivity index (χ2n) is 9.39. The van der Waals surface area contributed by atoms with Crippen LogP contribution < -0.4 is 5.69 Å². The summed E-state index contributed by atoms with van der Waals surface area (Å²) in [6.07, 6.45) is 2.98. The number of imidazole rings is 2. The first-order valence-corrected chi connectivity index (χ1v) is 12.8. The summed E-state index contributed by atoms with van der Waals surface area (Å²) in [7, 11) is -2.65. The molecule has 1 aliphatic heterocycles. The molecule has 1 saturated heterocycles. The zero-order valence-electron chi connectivity index (χ0n) is 19.1. The van der Waals surface area contributed by atoms with Gasteiger partial charge in [-0.15, -0.1) is 0 Å². The number of aromatic nitrogens is 6. The van der Waals surface area contributed by atoms with Crippen molar-refractivity contribution in [3.63, 3.8) is 0 Å². The Morgan fingerprint density at radius 1 is 1.12 bits per heavy atom. The topological polar surface area (TPSA) is 137 Å². The van der Waals surface area contributed by atoms with E-state index in [1.165, 1.54) is 10.8 Å². The van der Waals surface area contributed by atoms with Gasteiger partial charge in [0.1, 0.15) is 17.4 Å². The molecule has 5 rings (SSSR count). The minimum Gasteiger partial charge on any atom is -0.443 e. The number of hydrogen-bond acceptors (Lipinski definition) is 8. The molecule has 4 aromatic rings. The van der Waals surface area contributed by atoms with E-state index in [0.29, 0.717) is 18.8 Å². The van der Waals surface area contributed by atoms with Crippen LogP contribution in [0.4, 0.5) is 4.79 Å². The fraction of sp³-hybridized carbons (Fsp3) is 0.409. The molecule has 0 spiro atoms. The molecule has 0 saturated carbocycles. The summed E-state index contributed by atoms with van der Waals surface area (Å²) in [6, 6.07) is 7.19. The molecule has 0 unspecified atom stereocenters. The molecule has 12 heteroatoms. The van der Waals surface area contributed by atoms with Crippen LogP contribution in [0.5, 0.6) is 0 Å². The van der Waals surface area contributed by atoms with Crippen LogP contribution in [0.15, 0.2) is 41.6 Å². The van der Waals surface area contributed by atoms with E-state index in [2.05, 4.69) is 15.0 Å². The van der Waals surface area contributed by atoms with Gasteiger partial charge in [0, 0.05) is 17.5 Å². The Morgan fingerprint density at radius 3 is 2.53 bits per heavy atom. The molecule has 0 atom stereocenters. The van der Waals surface area contributed by atoms with Crippen LogP contribution in [0.1, 0.15) is 39.7 Å². The molecule has 34 heavy (non-hydrogen) atoms. The van der Waals surface area contributed by atoms with Crippen LogP contribution in [0.2, 0.25) is 0 Å². The Hall–Kier alpha value is -3.22. The fourth-order valence-corrected chi connectivity index (χ4v) is 5.70. The third-order valence-electron chi connectivity index (χ3n) is 5.77. The number of nitrogens with zero attached hydrogens (tertiary/aromatic N) is 6. The Balaban J connectivity index is 1.69. The Morgan fingerprint density at radius 2 is 1.82 bits per heavy atom. The fourth-order valence-electron chi connectivity index (χ4n) is 4.20. The molecule has 2 N–H and O–H groups in total. The van der Waals surface area contributed by atoms with E-state index in [0.717, 1.165) is 15.6 Å². The minimum atomic E-state index is -2.65. The second-order valence-corrected chi connectivity index (χ2v) is 11.8. The maximum absolute atomic E-state index is 13.5. The van der Waals surface area contributed by atoms with Gasteiger partial charge in [0.05, 0.1) is 17.2 Å². The standard InChI is InChI=1S/C22H26N6O5S/c1-22(2,3)33-21(30)28-17-12-23-19(26-13-24-15-6-4-5-7-16(15)26)25-18(17)27(20(28)29)14-8-10-34(31,32)11-9-14/h4-7,12-14,31-32H,8-11H2,1-3H3. The van der Waals surface area contributed by atoms with Crippen LogP contribution in [-0.4, -0.2) is 61.0 Å². The lowest BCUT2D eigenvalue weighted by Gasteiger charge is -2.39. The van der Waals surface area contributed by atoms with E-state index in [4.69, 9.17) is 4.74 Å². The molecule has 0 aliphatic carbocycles. The Bertz CT molecular complexity index is 1450. The van der Waals surface area contributed by atoms with E-state index in [9.17, 15) is 18.7 Å². The van der Waals surface area contributed by atoms with Crippen LogP contribution >= 0.6 is 10.6 Å². The first kappa shape index (κ1) is 22.6. The number of carbonyl (C=O) groups is 1. The number of hydrogen-bond donors (Lipinski definition) is 2. The molecule has 11 nitrogen and oxygen atoms in total. The zero-order chi connectivity index (χ0) is 24.3. The van der Waals surface area contributed by atoms with Gasteiger partial charge in [-0.25, -0.2) is 19.6 Å². The molecule has 1 aromatic carbocycles. The normalized spacial score (nSPS) is 17.8. The third kappa shape index (κ3) is 3.97. The third-order valence-corrected chi connectivity index (χ3v) is 7.55. The summed E-state index contributed by atoms with van der Waals surface area (Å²) in [6.45, 7) is 5.17. The van der Waals surface area contributed by atoms with E-state index < -0.39 is 28.0 Å². The van der Waals surface area contributed by atoms with Gasteiger partial charge in [0.25, 0.3) is 0 Å². The van der Waals surface area contributed by atoms with E-state index >= 15 is 0 Å². The van der Waals surface area contributed by atoms with Crippen molar-refractivity contribution in [2.24, 2.45) is 0 Å². The number of carbonyl (C=O) groups excluding carboxylic acids is 1. The smallest absolute Gasteiger partial charge is 0.423 e. The zero-order valence-corrected chi connectivity index (χ0v) is 19.9. The van der Waals surface area contributed by atoms with E-state index in [1.807, 2.05) is 24.3 Å². The van der Waals surface area contributed by atoms with Crippen molar-refractivity contribution in [2.75, 3.05) is 11.5 Å². The van der Waals surface area contributed by atoms with E-state index in [-0.39, 0.29) is 28.7 Å². The maximum atomic E-state index is 13.5. The van der Waals surface area contributed by atoms with Gasteiger partial charge in [-0.2, -0.15) is 20.1 Å². The average molecular weight is 487 g/mol. The molecule has 1 aliphatic rings. The van der Waals surface area contributed by atoms with Gasteiger partial charge >= 0.3 is 11.8 Å². The van der Waals surface area contributed by atoms with E-state index in [1.54, 1.807) is 31.7 Å². The summed E-state index contributed by atoms with van der Waals surface area (Å²) in [5.41, 5.74) is 0.686. The van der Waals surface area contributed by atoms with Crippen molar-refractivity contribution in [1.82, 2.24) is 28.7 Å². The maximum Gasteiger partial charge on any atom is 0.423 e. The highest BCUT2D eigenvalue weighted by atomic mass is 32.3.